The third kappa shape index (κ3) is 4.34. The van der Waals surface area contributed by atoms with Crippen molar-refractivity contribution in [3.8, 4) is 0 Å². The molecule has 1 aromatic rings. The number of aromatic nitrogens is 2. The Morgan fingerprint density at radius 1 is 1.17 bits per heavy atom. The fourth-order valence-corrected chi connectivity index (χ4v) is 3.81. The zero-order chi connectivity index (χ0) is 16.5. The molecule has 3 rings (SSSR count). The number of hydrogen-bond acceptors (Lipinski definition) is 4. The van der Waals surface area contributed by atoms with Crippen LogP contribution in [0.4, 0.5) is 0 Å². The minimum absolute atomic E-state index is 0.0781. The van der Waals surface area contributed by atoms with Crippen molar-refractivity contribution in [2.24, 2.45) is 0 Å². The number of likely N-dealkylation sites (tertiary alicyclic amines) is 2. The topological polar surface area (TPSA) is 55.4 Å². The number of rotatable bonds is 4. The minimum atomic E-state index is -0.537. The van der Waals surface area contributed by atoms with Gasteiger partial charge in [-0.1, -0.05) is 27.2 Å². The van der Waals surface area contributed by atoms with Crippen LogP contribution in [-0.2, 0) is 12.0 Å². The third-order valence-electron chi connectivity index (χ3n) is 5.17. The van der Waals surface area contributed by atoms with Crippen molar-refractivity contribution in [3.05, 3.63) is 17.5 Å². The van der Waals surface area contributed by atoms with Gasteiger partial charge in [0.1, 0.15) is 0 Å². The number of piperidine rings is 1. The quantitative estimate of drug-likeness (QED) is 0.892. The number of hydrogen-bond donors (Lipinski definition) is 2. The lowest BCUT2D eigenvalue weighted by Gasteiger charge is -2.33. The highest BCUT2D eigenvalue weighted by molar-refractivity contribution is 5.16. The molecule has 5 heteroatoms. The highest BCUT2D eigenvalue weighted by atomic mass is 16.3. The number of nitrogens with one attached hydrogen (secondary N) is 1. The molecule has 2 fully saturated rings. The predicted octanol–water partition coefficient (Wildman–Crippen LogP) is 2.13. The second-order valence-corrected chi connectivity index (χ2v) is 8.55. The monoisotopic (exact) mass is 320 g/mol. The highest BCUT2D eigenvalue weighted by Gasteiger charge is 2.37. The van der Waals surface area contributed by atoms with Crippen LogP contribution in [0.15, 0.2) is 6.07 Å². The van der Waals surface area contributed by atoms with Gasteiger partial charge in [-0.2, -0.15) is 5.10 Å². The number of aromatic amines is 1. The van der Waals surface area contributed by atoms with Gasteiger partial charge in [-0.05, 0) is 38.4 Å². The summed E-state index contributed by atoms with van der Waals surface area (Å²) in [6.45, 7) is 12.3. The Hall–Kier alpha value is -0.910. The second kappa shape index (κ2) is 6.54. The van der Waals surface area contributed by atoms with Gasteiger partial charge in [0.2, 0.25) is 0 Å². The lowest BCUT2D eigenvalue weighted by atomic mass is 9.92. The van der Waals surface area contributed by atoms with Crippen LogP contribution in [0.2, 0.25) is 0 Å². The normalized spacial score (nSPS) is 27.7. The molecule has 0 saturated carbocycles. The van der Waals surface area contributed by atoms with Crippen molar-refractivity contribution in [2.75, 3.05) is 32.7 Å². The lowest BCUT2D eigenvalue weighted by Crippen LogP contribution is -2.46. The summed E-state index contributed by atoms with van der Waals surface area (Å²) in [6, 6.07) is 2.17. The van der Waals surface area contributed by atoms with Crippen LogP contribution >= 0.6 is 0 Å². The van der Waals surface area contributed by atoms with Gasteiger partial charge in [0.15, 0.2) is 0 Å². The number of β-amino-alcohol motifs (C(OH)–C–C–N with tert-alkyl or cyclic N) is 1. The summed E-state index contributed by atoms with van der Waals surface area (Å²) in [4.78, 5) is 4.80. The first-order valence-electron chi connectivity index (χ1n) is 9.06. The van der Waals surface area contributed by atoms with E-state index in [0.29, 0.717) is 0 Å². The van der Waals surface area contributed by atoms with Gasteiger partial charge < -0.3 is 10.0 Å². The van der Waals surface area contributed by atoms with Gasteiger partial charge >= 0.3 is 0 Å². The summed E-state index contributed by atoms with van der Waals surface area (Å²) >= 11 is 0. The molecular formula is C18H32N4O. The first kappa shape index (κ1) is 16.9. The number of aliphatic hydroxyl groups is 1. The Morgan fingerprint density at radius 3 is 2.57 bits per heavy atom. The zero-order valence-electron chi connectivity index (χ0n) is 14.9. The first-order valence-corrected chi connectivity index (χ1v) is 9.06. The Balaban J connectivity index is 1.53. The van der Waals surface area contributed by atoms with Crippen molar-refractivity contribution in [2.45, 2.75) is 64.0 Å². The Kier molecular flexibility index (Phi) is 4.81. The molecule has 0 amide bonds. The molecule has 2 aliphatic heterocycles. The van der Waals surface area contributed by atoms with Crippen molar-refractivity contribution >= 4 is 0 Å². The van der Waals surface area contributed by atoms with Gasteiger partial charge in [0.25, 0.3) is 0 Å². The molecule has 0 radical (unpaired) electrons. The van der Waals surface area contributed by atoms with E-state index < -0.39 is 5.60 Å². The Labute approximate surface area is 140 Å². The van der Waals surface area contributed by atoms with E-state index in [2.05, 4.69) is 46.8 Å². The van der Waals surface area contributed by atoms with Crippen molar-refractivity contribution in [3.63, 3.8) is 0 Å². The minimum Gasteiger partial charge on any atom is -0.387 e. The van der Waals surface area contributed by atoms with E-state index in [1.165, 1.54) is 19.3 Å². The molecule has 3 heterocycles. The van der Waals surface area contributed by atoms with Crippen molar-refractivity contribution < 1.29 is 5.11 Å². The molecule has 130 valence electrons. The van der Waals surface area contributed by atoms with Crippen LogP contribution in [-0.4, -0.2) is 63.4 Å². The van der Waals surface area contributed by atoms with E-state index in [1.54, 1.807) is 0 Å². The molecule has 0 spiro atoms. The zero-order valence-corrected chi connectivity index (χ0v) is 14.9. The summed E-state index contributed by atoms with van der Waals surface area (Å²) in [5.41, 5.74) is 1.80. The highest BCUT2D eigenvalue weighted by Crippen LogP contribution is 2.26. The fourth-order valence-electron chi connectivity index (χ4n) is 3.81. The van der Waals surface area contributed by atoms with Gasteiger partial charge in [-0.15, -0.1) is 0 Å². The number of nitrogens with zero attached hydrogens (tertiary/aromatic N) is 3. The average molecular weight is 320 g/mol. The lowest BCUT2D eigenvalue weighted by molar-refractivity contribution is 0.00627. The van der Waals surface area contributed by atoms with Crippen LogP contribution in [0.1, 0.15) is 57.8 Å². The molecule has 1 atom stereocenters. The van der Waals surface area contributed by atoms with Crippen molar-refractivity contribution in [1.29, 1.82) is 0 Å². The summed E-state index contributed by atoms with van der Waals surface area (Å²) in [6.07, 6.45) is 4.79. The van der Waals surface area contributed by atoms with E-state index in [4.69, 9.17) is 0 Å². The summed E-state index contributed by atoms with van der Waals surface area (Å²) in [5.74, 6) is 0. The van der Waals surface area contributed by atoms with Crippen LogP contribution in [0.3, 0.4) is 0 Å². The van der Waals surface area contributed by atoms with Gasteiger partial charge in [0.05, 0.1) is 11.3 Å². The van der Waals surface area contributed by atoms with Crippen LogP contribution < -0.4 is 0 Å². The molecule has 2 aliphatic rings. The molecule has 5 nitrogen and oxygen atoms in total. The van der Waals surface area contributed by atoms with Gasteiger partial charge in [0, 0.05) is 37.3 Å². The Bertz CT molecular complexity index is 515. The molecule has 23 heavy (non-hydrogen) atoms. The summed E-state index contributed by atoms with van der Waals surface area (Å²) in [5, 5.41) is 18.5. The maximum atomic E-state index is 10.9. The van der Waals surface area contributed by atoms with E-state index in [-0.39, 0.29) is 5.41 Å². The molecule has 2 N–H and O–H groups in total. The first-order chi connectivity index (χ1) is 10.8. The third-order valence-corrected chi connectivity index (χ3v) is 5.17. The smallest absolute Gasteiger partial charge is 0.0912 e. The maximum absolute atomic E-state index is 10.9. The molecule has 0 unspecified atom stereocenters. The number of H-pyrrole nitrogens is 1. The summed E-state index contributed by atoms with van der Waals surface area (Å²) < 4.78 is 0. The van der Waals surface area contributed by atoms with E-state index >= 15 is 0 Å². The molecule has 2 saturated heterocycles. The molecular weight excluding hydrogens is 288 g/mol. The van der Waals surface area contributed by atoms with Crippen molar-refractivity contribution in [1.82, 2.24) is 20.0 Å². The Morgan fingerprint density at radius 2 is 1.91 bits per heavy atom. The van der Waals surface area contributed by atoms with Crippen LogP contribution in [0, 0.1) is 0 Å². The van der Waals surface area contributed by atoms with E-state index in [1.807, 2.05) is 0 Å². The standard InChI is InChI=1S/C18H32N4O/c1-17(2,3)16-11-15(19-20-16)12-22-10-7-18(23,14-22)13-21-8-5-4-6-9-21/h11,23H,4-10,12-14H2,1-3H3,(H,19,20)/t18-/m0/s1. The van der Waals surface area contributed by atoms with Gasteiger partial charge in [-0.25, -0.2) is 0 Å². The van der Waals surface area contributed by atoms with Gasteiger partial charge in [-0.3, -0.25) is 10.00 Å². The molecule has 0 bridgehead atoms. The summed E-state index contributed by atoms with van der Waals surface area (Å²) in [7, 11) is 0. The van der Waals surface area contributed by atoms with E-state index in [0.717, 1.165) is 57.1 Å². The predicted molar refractivity (Wildman–Crippen MR) is 92.4 cm³/mol. The maximum Gasteiger partial charge on any atom is 0.0912 e. The fraction of sp³-hybridized carbons (Fsp3) is 0.833. The second-order valence-electron chi connectivity index (χ2n) is 8.55. The molecule has 0 aliphatic carbocycles. The average Bonchev–Trinajstić information content (AvgIpc) is 3.07. The molecule has 1 aromatic heterocycles. The van der Waals surface area contributed by atoms with E-state index in [9.17, 15) is 5.11 Å². The van der Waals surface area contributed by atoms with Crippen LogP contribution in [0.5, 0.6) is 0 Å². The molecule has 0 aromatic carbocycles. The van der Waals surface area contributed by atoms with Crippen LogP contribution in [0.25, 0.3) is 0 Å². The SMILES string of the molecule is CC(C)(C)c1cc(CN2CC[C@](O)(CN3CCCCC3)C2)[nH]n1. The largest absolute Gasteiger partial charge is 0.387 e.